The van der Waals surface area contributed by atoms with Gasteiger partial charge in [-0.2, -0.15) is 0 Å². The number of amides is 5. The third-order valence-corrected chi connectivity index (χ3v) is 9.83. The van der Waals surface area contributed by atoms with Crippen molar-refractivity contribution in [3.05, 3.63) is 0 Å². The van der Waals surface area contributed by atoms with Crippen LogP contribution in [-0.2, 0) is 28.7 Å². The first-order valence-electron chi connectivity index (χ1n) is 15.9. The largest absolute Gasteiger partial charge is 0.464 e. The molecule has 6 atom stereocenters. The molecule has 0 radical (unpaired) electrons. The summed E-state index contributed by atoms with van der Waals surface area (Å²) in [5.74, 6) is -2.87. The second-order valence-electron chi connectivity index (χ2n) is 16.1. The van der Waals surface area contributed by atoms with E-state index in [1.165, 1.54) is 4.90 Å². The fraction of sp³-hybridized carbons (Fsp3) is 0.812. The fourth-order valence-corrected chi connectivity index (χ4v) is 6.48. The zero-order valence-corrected chi connectivity index (χ0v) is 27.5. The Bertz CT molecular complexity index is 1190. The monoisotopic (exact) mass is 617 g/mol. The van der Waals surface area contributed by atoms with Crippen LogP contribution in [-0.4, -0.2) is 77.7 Å². The van der Waals surface area contributed by atoms with Gasteiger partial charge in [-0.1, -0.05) is 68.2 Å². The van der Waals surface area contributed by atoms with Crippen LogP contribution in [0.5, 0.6) is 0 Å². The Kier molecular flexibility index (Phi) is 9.17. The van der Waals surface area contributed by atoms with E-state index in [1.54, 1.807) is 0 Å². The number of ether oxygens (including phenoxy) is 1. The standard InChI is InChI=1S/C32H51N5O7/c1-30(2,3)23(35-29(43)36-24(31(4,5)6)28(42)44-15-17-11-12-17)27(41)37-14-18-20(32(18,7)8)21(37)26(40)34-19(13-16-9-10-16)22(38)25(33)39/h16-21,23-24H,9-15H2,1-8H3,(H2,33,39)(H,34,40)(H2,35,36,43)/t18-,19?,20-,21-,23+,24?/m0/s1. The highest BCUT2D eigenvalue weighted by atomic mass is 16.5. The first-order valence-corrected chi connectivity index (χ1v) is 15.9. The molecule has 5 N–H and O–H groups in total. The van der Waals surface area contributed by atoms with E-state index in [2.05, 4.69) is 16.0 Å². The van der Waals surface area contributed by atoms with E-state index in [0.717, 1.165) is 25.7 Å². The number of carbonyl (C=O) groups excluding carboxylic acids is 6. The van der Waals surface area contributed by atoms with Gasteiger partial charge in [-0.15, -0.1) is 0 Å². The van der Waals surface area contributed by atoms with Crippen molar-refractivity contribution in [3.63, 3.8) is 0 Å². The smallest absolute Gasteiger partial charge is 0.329 e. The molecule has 12 nitrogen and oxygen atoms in total. The van der Waals surface area contributed by atoms with Crippen molar-refractivity contribution in [3.8, 4) is 0 Å². The lowest BCUT2D eigenvalue weighted by atomic mass is 9.85. The summed E-state index contributed by atoms with van der Waals surface area (Å²) in [6, 6.07) is -4.58. The number of primary amides is 1. The van der Waals surface area contributed by atoms with Gasteiger partial charge in [0.1, 0.15) is 18.1 Å². The summed E-state index contributed by atoms with van der Waals surface area (Å²) in [6.45, 7) is 15.6. The summed E-state index contributed by atoms with van der Waals surface area (Å²) < 4.78 is 5.47. The molecular weight excluding hydrogens is 566 g/mol. The summed E-state index contributed by atoms with van der Waals surface area (Å²) in [7, 11) is 0. The van der Waals surface area contributed by atoms with Crippen molar-refractivity contribution in [1.29, 1.82) is 0 Å². The second kappa shape index (κ2) is 12.0. The second-order valence-corrected chi connectivity index (χ2v) is 16.1. The molecule has 0 spiro atoms. The van der Waals surface area contributed by atoms with Crippen LogP contribution in [0.15, 0.2) is 0 Å². The number of Topliss-reactive ketones (excluding diaryl/α,β-unsaturated/α-hetero) is 1. The van der Waals surface area contributed by atoms with Crippen LogP contribution in [0, 0.1) is 39.9 Å². The number of nitrogens with two attached hydrogens (primary N) is 1. The number of hydrogen-bond donors (Lipinski definition) is 4. The lowest BCUT2D eigenvalue weighted by Crippen LogP contribution is -2.62. The summed E-state index contributed by atoms with van der Waals surface area (Å²) in [5.41, 5.74) is 3.69. The van der Waals surface area contributed by atoms with Crippen LogP contribution < -0.4 is 21.7 Å². The minimum atomic E-state index is -1.10. The average Bonchev–Trinajstić information content (AvgIpc) is 3.85. The topological polar surface area (TPSA) is 177 Å². The Morgan fingerprint density at radius 3 is 1.91 bits per heavy atom. The van der Waals surface area contributed by atoms with Crippen molar-refractivity contribution in [1.82, 2.24) is 20.9 Å². The Labute approximate surface area is 260 Å². The third kappa shape index (κ3) is 7.54. The number of carbonyl (C=O) groups is 6. The zero-order valence-electron chi connectivity index (χ0n) is 27.5. The van der Waals surface area contributed by atoms with E-state index >= 15 is 0 Å². The minimum Gasteiger partial charge on any atom is -0.464 e. The molecule has 0 bridgehead atoms. The predicted molar refractivity (Wildman–Crippen MR) is 162 cm³/mol. The number of hydrogen-bond acceptors (Lipinski definition) is 7. The highest BCUT2D eigenvalue weighted by Gasteiger charge is 2.70. The number of fused-ring (bicyclic) bond motifs is 1. The Hall–Kier alpha value is -3.18. The zero-order chi connectivity index (χ0) is 32.9. The molecule has 0 aromatic rings. The molecule has 4 aliphatic rings. The van der Waals surface area contributed by atoms with E-state index in [-0.39, 0.29) is 23.2 Å². The number of nitrogens with zero attached hydrogens (tertiary/aromatic N) is 1. The molecule has 44 heavy (non-hydrogen) atoms. The van der Waals surface area contributed by atoms with E-state index in [9.17, 15) is 28.8 Å². The highest BCUT2D eigenvalue weighted by molar-refractivity contribution is 6.37. The summed E-state index contributed by atoms with van der Waals surface area (Å²) in [5, 5.41) is 8.28. The third-order valence-electron chi connectivity index (χ3n) is 9.83. The highest BCUT2D eigenvalue weighted by Crippen LogP contribution is 2.65. The molecule has 2 unspecified atom stereocenters. The van der Waals surface area contributed by atoms with E-state index in [0.29, 0.717) is 25.5 Å². The van der Waals surface area contributed by atoms with E-state index < -0.39 is 70.5 Å². The van der Waals surface area contributed by atoms with Crippen LogP contribution in [0.1, 0.15) is 87.5 Å². The molecule has 1 saturated heterocycles. The van der Waals surface area contributed by atoms with Crippen molar-refractivity contribution in [2.45, 2.75) is 112 Å². The maximum absolute atomic E-state index is 14.2. The maximum Gasteiger partial charge on any atom is 0.329 e. The number of rotatable bonds is 12. The molecule has 0 aromatic heterocycles. The number of ketones is 1. The summed E-state index contributed by atoms with van der Waals surface area (Å²) in [6.07, 6.45) is 4.20. The Morgan fingerprint density at radius 1 is 0.864 bits per heavy atom. The van der Waals surface area contributed by atoms with Crippen molar-refractivity contribution < 1.29 is 33.5 Å². The van der Waals surface area contributed by atoms with Gasteiger partial charge in [0.25, 0.3) is 5.91 Å². The van der Waals surface area contributed by atoms with Crippen molar-refractivity contribution in [2.24, 2.45) is 45.7 Å². The lowest BCUT2D eigenvalue weighted by molar-refractivity contribution is -0.149. The van der Waals surface area contributed by atoms with Gasteiger partial charge in [0, 0.05) is 6.54 Å². The SMILES string of the molecule is CC(C)(C)C(NC(=O)N[C@H](C(=O)N1C[C@H]2[C@@H]([C@H]1C(=O)NC(CC1CC1)C(=O)C(N)=O)C2(C)C)C(C)(C)C)C(=O)OCC1CC1. The Balaban J connectivity index is 1.50. The number of esters is 1. The predicted octanol–water partition coefficient (Wildman–Crippen LogP) is 1.89. The molecule has 3 aliphatic carbocycles. The van der Waals surface area contributed by atoms with Crippen LogP contribution in [0.2, 0.25) is 0 Å². The van der Waals surface area contributed by atoms with Gasteiger partial charge < -0.3 is 31.3 Å². The lowest BCUT2D eigenvalue weighted by Gasteiger charge is -2.38. The van der Waals surface area contributed by atoms with Crippen LogP contribution >= 0.6 is 0 Å². The quantitative estimate of drug-likeness (QED) is 0.191. The van der Waals surface area contributed by atoms with E-state index in [4.69, 9.17) is 10.5 Å². The first-order chi connectivity index (χ1) is 20.2. The number of nitrogens with one attached hydrogen (secondary N) is 3. The first kappa shape index (κ1) is 33.7. The van der Waals surface area contributed by atoms with Gasteiger partial charge in [-0.05, 0) is 59.2 Å². The van der Waals surface area contributed by atoms with Gasteiger partial charge in [-0.25, -0.2) is 9.59 Å². The van der Waals surface area contributed by atoms with Crippen LogP contribution in [0.3, 0.4) is 0 Å². The normalized spacial score (nSPS) is 26.0. The van der Waals surface area contributed by atoms with Gasteiger partial charge in [-0.3, -0.25) is 19.2 Å². The molecule has 3 saturated carbocycles. The Morgan fingerprint density at radius 2 is 1.41 bits per heavy atom. The van der Waals surface area contributed by atoms with Crippen LogP contribution in [0.25, 0.3) is 0 Å². The molecule has 4 fully saturated rings. The summed E-state index contributed by atoms with van der Waals surface area (Å²) in [4.78, 5) is 80.1. The summed E-state index contributed by atoms with van der Waals surface area (Å²) >= 11 is 0. The van der Waals surface area contributed by atoms with Gasteiger partial charge in [0.2, 0.25) is 17.6 Å². The maximum atomic E-state index is 14.2. The number of urea groups is 1. The molecular formula is C32H51N5O7. The van der Waals surface area contributed by atoms with Crippen LogP contribution in [0.4, 0.5) is 4.79 Å². The van der Waals surface area contributed by atoms with Gasteiger partial charge in [0.15, 0.2) is 0 Å². The molecule has 4 rings (SSSR count). The minimum absolute atomic E-state index is 0.0666. The average molecular weight is 618 g/mol. The molecule has 0 aromatic carbocycles. The van der Waals surface area contributed by atoms with Gasteiger partial charge in [0.05, 0.1) is 12.6 Å². The molecule has 1 heterocycles. The molecule has 246 valence electrons. The molecule has 1 aliphatic heterocycles. The number of likely N-dealkylation sites (tertiary alicyclic amines) is 1. The van der Waals surface area contributed by atoms with E-state index in [1.807, 2.05) is 55.4 Å². The van der Waals surface area contributed by atoms with Crippen molar-refractivity contribution >= 4 is 35.5 Å². The fourth-order valence-electron chi connectivity index (χ4n) is 6.48. The molecule has 12 heteroatoms. The number of piperidine rings is 1. The molecule has 5 amide bonds. The van der Waals surface area contributed by atoms with Gasteiger partial charge >= 0.3 is 12.0 Å². The van der Waals surface area contributed by atoms with Crippen molar-refractivity contribution in [2.75, 3.05) is 13.2 Å².